The van der Waals surface area contributed by atoms with Gasteiger partial charge in [0.25, 0.3) is 0 Å². The Kier molecular flexibility index (Phi) is 3.57. The molecule has 1 aromatic rings. The molecule has 0 unspecified atom stereocenters. The highest BCUT2D eigenvalue weighted by atomic mass is 32.1. The van der Waals surface area contributed by atoms with E-state index in [1.807, 2.05) is 0 Å². The first-order chi connectivity index (χ1) is 7.31. The number of H-pyrrole nitrogens is 1. The average molecular weight is 221 g/mol. The fourth-order valence-electron chi connectivity index (χ4n) is 2.51. The predicted molar refractivity (Wildman–Crippen MR) is 66.9 cm³/mol. The lowest BCUT2D eigenvalue weighted by atomic mass is 9.92. The number of hydrogen-bond acceptors (Lipinski definition) is 1. The standard InChI is InChI=1S/C13H19NS/c1-2-12-11-8-6-4-3-5-7-10(11)9-13(15)14-12/h9H,2-8H2,1H3,(H,14,15). The van der Waals surface area contributed by atoms with Crippen molar-refractivity contribution in [3.05, 3.63) is 27.5 Å². The zero-order chi connectivity index (χ0) is 10.7. The third-order valence-corrected chi connectivity index (χ3v) is 3.53. The first-order valence-corrected chi connectivity index (χ1v) is 6.46. The van der Waals surface area contributed by atoms with Gasteiger partial charge in [0.05, 0.1) is 0 Å². The van der Waals surface area contributed by atoms with Crippen molar-refractivity contribution in [1.29, 1.82) is 0 Å². The van der Waals surface area contributed by atoms with Gasteiger partial charge in [-0.05, 0) is 49.3 Å². The number of fused-ring (bicyclic) bond motifs is 1. The van der Waals surface area contributed by atoms with Crippen LogP contribution in [0.15, 0.2) is 6.07 Å². The fraction of sp³-hybridized carbons (Fsp3) is 0.615. The smallest absolute Gasteiger partial charge is 0.103 e. The summed E-state index contributed by atoms with van der Waals surface area (Å²) in [5.41, 5.74) is 4.44. The molecule has 2 heteroatoms. The molecule has 0 radical (unpaired) electrons. The Labute approximate surface area is 96.9 Å². The number of aromatic amines is 1. The molecule has 0 fully saturated rings. The van der Waals surface area contributed by atoms with Gasteiger partial charge in [0.15, 0.2) is 0 Å². The molecule has 1 aromatic heterocycles. The highest BCUT2D eigenvalue weighted by Gasteiger charge is 2.10. The third-order valence-electron chi connectivity index (χ3n) is 3.31. The van der Waals surface area contributed by atoms with Crippen LogP contribution < -0.4 is 0 Å². The molecule has 1 nitrogen and oxygen atoms in total. The molecule has 0 spiro atoms. The van der Waals surface area contributed by atoms with E-state index in [4.69, 9.17) is 12.2 Å². The van der Waals surface area contributed by atoms with E-state index in [1.54, 1.807) is 5.56 Å². The zero-order valence-electron chi connectivity index (χ0n) is 9.44. The SMILES string of the molecule is CCc1[nH]c(=S)cc2c1CCCCCC2. The first kappa shape index (κ1) is 10.9. The van der Waals surface area contributed by atoms with Gasteiger partial charge in [-0.3, -0.25) is 0 Å². The molecule has 0 atom stereocenters. The molecule has 15 heavy (non-hydrogen) atoms. The highest BCUT2D eigenvalue weighted by Crippen LogP contribution is 2.22. The van der Waals surface area contributed by atoms with Gasteiger partial charge in [-0.25, -0.2) is 0 Å². The van der Waals surface area contributed by atoms with Crippen LogP contribution in [0.5, 0.6) is 0 Å². The van der Waals surface area contributed by atoms with E-state index in [9.17, 15) is 0 Å². The van der Waals surface area contributed by atoms with Crippen LogP contribution in [0, 0.1) is 4.64 Å². The maximum atomic E-state index is 5.27. The van der Waals surface area contributed by atoms with Crippen molar-refractivity contribution in [2.75, 3.05) is 0 Å². The van der Waals surface area contributed by atoms with Gasteiger partial charge in [-0.15, -0.1) is 0 Å². The Morgan fingerprint density at radius 1 is 1.20 bits per heavy atom. The van der Waals surface area contributed by atoms with Crippen LogP contribution in [-0.2, 0) is 19.3 Å². The Bertz CT molecular complexity index is 392. The van der Waals surface area contributed by atoms with E-state index in [2.05, 4.69) is 18.0 Å². The molecule has 1 aliphatic carbocycles. The van der Waals surface area contributed by atoms with Gasteiger partial charge in [0.2, 0.25) is 0 Å². The van der Waals surface area contributed by atoms with Crippen LogP contribution in [0.1, 0.15) is 49.4 Å². The molecule has 0 amide bonds. The van der Waals surface area contributed by atoms with E-state index >= 15 is 0 Å². The quantitative estimate of drug-likeness (QED) is 0.710. The molecule has 82 valence electrons. The van der Waals surface area contributed by atoms with Crippen LogP contribution in [0.3, 0.4) is 0 Å². The molecule has 0 saturated heterocycles. The zero-order valence-corrected chi connectivity index (χ0v) is 10.3. The minimum Gasteiger partial charge on any atom is -0.350 e. The van der Waals surface area contributed by atoms with E-state index in [0.717, 1.165) is 11.1 Å². The van der Waals surface area contributed by atoms with E-state index in [-0.39, 0.29) is 0 Å². The van der Waals surface area contributed by atoms with Crippen LogP contribution in [0.4, 0.5) is 0 Å². The molecule has 2 rings (SSSR count). The Morgan fingerprint density at radius 3 is 2.67 bits per heavy atom. The Morgan fingerprint density at radius 2 is 1.93 bits per heavy atom. The molecule has 1 heterocycles. The monoisotopic (exact) mass is 221 g/mol. The van der Waals surface area contributed by atoms with Crippen molar-refractivity contribution in [3.8, 4) is 0 Å². The number of hydrogen-bond donors (Lipinski definition) is 1. The van der Waals surface area contributed by atoms with Gasteiger partial charge in [-0.2, -0.15) is 0 Å². The van der Waals surface area contributed by atoms with Crippen molar-refractivity contribution in [2.45, 2.75) is 51.9 Å². The largest absolute Gasteiger partial charge is 0.350 e. The summed E-state index contributed by atoms with van der Waals surface area (Å²) in [5, 5.41) is 0. The predicted octanol–water partition coefficient (Wildman–Crippen LogP) is 3.97. The molecular weight excluding hydrogens is 202 g/mol. The highest BCUT2D eigenvalue weighted by molar-refractivity contribution is 7.71. The van der Waals surface area contributed by atoms with Crippen molar-refractivity contribution >= 4 is 12.2 Å². The Balaban J connectivity index is 2.45. The molecular formula is C13H19NS. The first-order valence-electron chi connectivity index (χ1n) is 6.05. The number of nitrogens with one attached hydrogen (secondary N) is 1. The molecule has 1 N–H and O–H groups in total. The number of aromatic nitrogens is 1. The van der Waals surface area contributed by atoms with Crippen molar-refractivity contribution in [1.82, 2.24) is 4.98 Å². The summed E-state index contributed by atoms with van der Waals surface area (Å²) in [4.78, 5) is 3.35. The Hall–Kier alpha value is -0.630. The molecule has 0 aliphatic heterocycles. The van der Waals surface area contributed by atoms with E-state index < -0.39 is 0 Å². The van der Waals surface area contributed by atoms with Gasteiger partial charge in [-0.1, -0.05) is 32.0 Å². The lowest BCUT2D eigenvalue weighted by Gasteiger charge is -2.16. The van der Waals surface area contributed by atoms with Crippen LogP contribution >= 0.6 is 12.2 Å². The maximum absolute atomic E-state index is 5.27. The second-order valence-electron chi connectivity index (χ2n) is 4.38. The van der Waals surface area contributed by atoms with E-state index in [1.165, 1.54) is 49.8 Å². The summed E-state index contributed by atoms with van der Waals surface area (Å²) < 4.78 is 0.908. The summed E-state index contributed by atoms with van der Waals surface area (Å²) in [6.07, 6.45) is 8.97. The summed E-state index contributed by atoms with van der Waals surface area (Å²) in [5.74, 6) is 0. The van der Waals surface area contributed by atoms with Crippen molar-refractivity contribution < 1.29 is 0 Å². The van der Waals surface area contributed by atoms with Crippen molar-refractivity contribution in [2.24, 2.45) is 0 Å². The minimum atomic E-state index is 0.908. The normalized spacial score (nSPS) is 16.6. The minimum absolute atomic E-state index is 0.908. The maximum Gasteiger partial charge on any atom is 0.103 e. The fourth-order valence-corrected chi connectivity index (χ4v) is 2.77. The summed E-state index contributed by atoms with van der Waals surface area (Å²) >= 11 is 5.27. The molecule has 0 aromatic carbocycles. The van der Waals surface area contributed by atoms with Gasteiger partial charge >= 0.3 is 0 Å². The topological polar surface area (TPSA) is 15.8 Å². The number of pyridine rings is 1. The second-order valence-corrected chi connectivity index (χ2v) is 4.82. The lowest BCUT2D eigenvalue weighted by Crippen LogP contribution is -2.05. The third kappa shape index (κ3) is 2.49. The summed E-state index contributed by atoms with van der Waals surface area (Å²) in [6, 6.07) is 2.18. The average Bonchev–Trinajstić information content (AvgIpc) is 2.19. The van der Waals surface area contributed by atoms with E-state index in [0.29, 0.717) is 0 Å². The second kappa shape index (κ2) is 4.93. The van der Waals surface area contributed by atoms with Gasteiger partial charge < -0.3 is 4.98 Å². The summed E-state index contributed by atoms with van der Waals surface area (Å²) in [6.45, 7) is 2.21. The van der Waals surface area contributed by atoms with Crippen LogP contribution in [0.2, 0.25) is 0 Å². The van der Waals surface area contributed by atoms with Gasteiger partial charge in [0, 0.05) is 5.69 Å². The van der Waals surface area contributed by atoms with Crippen LogP contribution in [0.25, 0.3) is 0 Å². The van der Waals surface area contributed by atoms with Gasteiger partial charge in [0.1, 0.15) is 4.64 Å². The number of rotatable bonds is 1. The molecule has 0 saturated carbocycles. The molecule has 1 aliphatic rings. The number of aryl methyl sites for hydroxylation is 2. The lowest BCUT2D eigenvalue weighted by molar-refractivity contribution is 0.611. The van der Waals surface area contributed by atoms with Crippen molar-refractivity contribution in [3.63, 3.8) is 0 Å². The molecule has 0 bridgehead atoms. The van der Waals surface area contributed by atoms with Crippen LogP contribution in [-0.4, -0.2) is 4.98 Å². The summed E-state index contributed by atoms with van der Waals surface area (Å²) in [7, 11) is 0.